The second-order valence-electron chi connectivity index (χ2n) is 5.17. The summed E-state index contributed by atoms with van der Waals surface area (Å²) >= 11 is 1.95. The van der Waals surface area contributed by atoms with Crippen molar-refractivity contribution in [1.82, 2.24) is 4.90 Å². The van der Waals surface area contributed by atoms with E-state index in [2.05, 4.69) is 9.85 Å². The first-order valence-corrected chi connectivity index (χ1v) is 6.85. The van der Waals surface area contributed by atoms with Gasteiger partial charge in [0.1, 0.15) is 12.2 Å². The van der Waals surface area contributed by atoms with Gasteiger partial charge in [0.05, 0.1) is 18.7 Å². The Morgan fingerprint density at radius 3 is 2.72 bits per heavy atom. The zero-order valence-corrected chi connectivity index (χ0v) is 13.1. The van der Waals surface area contributed by atoms with Crippen molar-refractivity contribution < 1.29 is 14.3 Å². The number of ether oxygens (including phenoxy) is 2. The number of likely N-dealkylation sites (tertiary alicyclic amines) is 1. The van der Waals surface area contributed by atoms with Gasteiger partial charge in [-0.25, -0.2) is 4.79 Å². The van der Waals surface area contributed by atoms with Crippen LogP contribution >= 0.6 is 22.6 Å². The van der Waals surface area contributed by atoms with Crippen molar-refractivity contribution in [3.63, 3.8) is 0 Å². The number of nitrogens with two attached hydrogens (primary N) is 1. The van der Waals surface area contributed by atoms with Gasteiger partial charge in [-0.3, -0.25) is 0 Å². The third-order valence-corrected chi connectivity index (χ3v) is 2.78. The van der Waals surface area contributed by atoms with Gasteiger partial charge in [0.25, 0.3) is 0 Å². The number of hydrogen-bond acceptors (Lipinski definition) is 4. The van der Waals surface area contributed by atoms with Crippen molar-refractivity contribution in [3.8, 4) is 9.85 Å². The first-order valence-electron chi connectivity index (χ1n) is 5.77. The van der Waals surface area contributed by atoms with Crippen LogP contribution < -0.4 is 5.73 Å². The Kier molecular flexibility index (Phi) is 5.69. The predicted octanol–water partition coefficient (Wildman–Crippen LogP) is 1.35. The van der Waals surface area contributed by atoms with Crippen LogP contribution in [0, 0.1) is 9.85 Å². The third kappa shape index (κ3) is 5.00. The van der Waals surface area contributed by atoms with E-state index in [0.717, 1.165) is 0 Å². The highest BCUT2D eigenvalue weighted by Gasteiger charge is 2.35. The lowest BCUT2D eigenvalue weighted by Gasteiger charge is -2.24. The van der Waals surface area contributed by atoms with Gasteiger partial charge in [-0.2, -0.15) is 0 Å². The fraction of sp³-hybridized carbons (Fsp3) is 0.750. The summed E-state index contributed by atoms with van der Waals surface area (Å²) < 4.78 is 13.5. The van der Waals surface area contributed by atoms with Gasteiger partial charge < -0.3 is 20.1 Å². The number of halogens is 1. The van der Waals surface area contributed by atoms with Crippen molar-refractivity contribution in [1.29, 1.82) is 0 Å². The lowest BCUT2D eigenvalue weighted by Crippen LogP contribution is -2.37. The molecule has 0 unspecified atom stereocenters. The van der Waals surface area contributed by atoms with Crippen LogP contribution in [0.2, 0.25) is 0 Å². The molecule has 1 rings (SSSR count). The number of nitrogens with zero attached hydrogens (tertiary/aromatic N) is 1. The molecule has 0 spiro atoms. The molecule has 1 aliphatic heterocycles. The Morgan fingerprint density at radius 1 is 1.50 bits per heavy atom. The molecular formula is C12H19IN2O3. The van der Waals surface area contributed by atoms with Crippen LogP contribution in [-0.4, -0.2) is 48.4 Å². The highest BCUT2D eigenvalue weighted by Crippen LogP contribution is 2.16. The number of hydrogen-bond donors (Lipinski definition) is 1. The number of carbonyl (C=O) groups is 1. The van der Waals surface area contributed by atoms with E-state index < -0.39 is 5.60 Å². The monoisotopic (exact) mass is 366 g/mol. The molecule has 2 N–H and O–H groups in total. The SMILES string of the molecule is CC(C)(C)OC(=O)N1C[C@@H](N)[C@H](OCC#CI)C1. The standard InChI is InChI=1S/C12H19IN2O3/c1-12(2,3)18-11(16)15-7-9(14)10(8-15)17-6-4-5-13/h9-10H,6-8,14H2,1-3H3/t9-,10-/m1/s1. The molecule has 5 nitrogen and oxygen atoms in total. The molecule has 0 aromatic carbocycles. The molecule has 1 heterocycles. The van der Waals surface area contributed by atoms with Gasteiger partial charge in [-0.05, 0) is 24.7 Å². The largest absolute Gasteiger partial charge is 0.444 e. The van der Waals surface area contributed by atoms with Crippen molar-refractivity contribution in [2.75, 3.05) is 19.7 Å². The minimum atomic E-state index is -0.493. The topological polar surface area (TPSA) is 64.8 Å². The van der Waals surface area contributed by atoms with E-state index in [1.165, 1.54) is 0 Å². The Labute approximate surface area is 121 Å². The maximum absolute atomic E-state index is 11.8. The van der Waals surface area contributed by atoms with E-state index in [1.807, 2.05) is 43.4 Å². The number of rotatable bonds is 2. The van der Waals surface area contributed by atoms with Gasteiger partial charge in [0, 0.05) is 29.1 Å². The minimum Gasteiger partial charge on any atom is -0.444 e. The fourth-order valence-electron chi connectivity index (χ4n) is 1.63. The maximum atomic E-state index is 11.8. The van der Waals surface area contributed by atoms with Crippen LogP contribution in [0.3, 0.4) is 0 Å². The molecule has 1 aliphatic rings. The predicted molar refractivity (Wildman–Crippen MR) is 77.3 cm³/mol. The van der Waals surface area contributed by atoms with Crippen molar-refractivity contribution >= 4 is 28.7 Å². The molecule has 18 heavy (non-hydrogen) atoms. The van der Waals surface area contributed by atoms with Crippen molar-refractivity contribution in [2.45, 2.75) is 38.5 Å². The Hall–Kier alpha value is -0.520. The summed E-state index contributed by atoms with van der Waals surface area (Å²) in [6.07, 6.45) is -0.515. The summed E-state index contributed by atoms with van der Waals surface area (Å²) in [7, 11) is 0. The number of amides is 1. The van der Waals surface area contributed by atoms with E-state index in [9.17, 15) is 4.79 Å². The van der Waals surface area contributed by atoms with Gasteiger partial charge >= 0.3 is 6.09 Å². The molecule has 0 radical (unpaired) electrons. The second-order valence-corrected chi connectivity index (χ2v) is 5.71. The molecular weight excluding hydrogens is 347 g/mol. The summed E-state index contributed by atoms with van der Waals surface area (Å²) in [5, 5.41) is 0. The summed E-state index contributed by atoms with van der Waals surface area (Å²) in [5.74, 6) is 2.80. The molecule has 0 saturated carbocycles. The molecule has 1 fully saturated rings. The molecule has 6 heteroatoms. The first-order chi connectivity index (χ1) is 8.33. The Bertz CT molecular complexity index is 357. The highest BCUT2D eigenvalue weighted by atomic mass is 127. The molecule has 1 amide bonds. The van der Waals surface area contributed by atoms with E-state index in [4.69, 9.17) is 15.2 Å². The van der Waals surface area contributed by atoms with Crippen molar-refractivity contribution in [2.24, 2.45) is 5.73 Å². The van der Waals surface area contributed by atoms with E-state index >= 15 is 0 Å². The fourth-order valence-corrected chi connectivity index (χ4v) is 1.78. The first kappa shape index (κ1) is 15.5. The molecule has 0 bridgehead atoms. The smallest absolute Gasteiger partial charge is 0.410 e. The van der Waals surface area contributed by atoms with Gasteiger partial charge in [-0.1, -0.05) is 5.92 Å². The van der Waals surface area contributed by atoms with Crippen LogP contribution in [0.15, 0.2) is 0 Å². The van der Waals surface area contributed by atoms with E-state index in [0.29, 0.717) is 19.7 Å². The lowest BCUT2D eigenvalue weighted by atomic mass is 10.2. The van der Waals surface area contributed by atoms with Gasteiger partial charge in [0.2, 0.25) is 0 Å². The normalized spacial score (nSPS) is 23.5. The van der Waals surface area contributed by atoms with Crippen molar-refractivity contribution in [3.05, 3.63) is 0 Å². The Morgan fingerprint density at radius 2 is 2.17 bits per heavy atom. The van der Waals surface area contributed by atoms with E-state index in [-0.39, 0.29) is 18.2 Å². The lowest BCUT2D eigenvalue weighted by molar-refractivity contribution is 0.0236. The van der Waals surface area contributed by atoms with Crippen LogP contribution in [-0.2, 0) is 9.47 Å². The Balaban J connectivity index is 2.46. The van der Waals surface area contributed by atoms with Crippen LogP contribution in [0.1, 0.15) is 20.8 Å². The average molecular weight is 366 g/mol. The minimum absolute atomic E-state index is 0.172. The summed E-state index contributed by atoms with van der Waals surface area (Å²) in [6.45, 7) is 6.76. The zero-order chi connectivity index (χ0) is 13.8. The van der Waals surface area contributed by atoms with Gasteiger partial charge in [0.15, 0.2) is 0 Å². The maximum Gasteiger partial charge on any atom is 0.410 e. The zero-order valence-electron chi connectivity index (χ0n) is 10.9. The van der Waals surface area contributed by atoms with Crippen LogP contribution in [0.4, 0.5) is 4.79 Å². The van der Waals surface area contributed by atoms with Crippen LogP contribution in [0.25, 0.3) is 0 Å². The summed E-state index contributed by atoms with van der Waals surface area (Å²) in [6, 6.07) is -0.187. The quantitative estimate of drug-likeness (QED) is 0.592. The molecule has 0 aromatic heterocycles. The molecule has 0 aromatic rings. The van der Waals surface area contributed by atoms with Gasteiger partial charge in [-0.15, -0.1) is 0 Å². The molecule has 1 saturated heterocycles. The van der Waals surface area contributed by atoms with Crippen LogP contribution in [0.5, 0.6) is 0 Å². The summed E-state index contributed by atoms with van der Waals surface area (Å²) in [5.41, 5.74) is 5.44. The van der Waals surface area contributed by atoms with E-state index in [1.54, 1.807) is 4.90 Å². The molecule has 102 valence electrons. The molecule has 2 atom stereocenters. The highest BCUT2D eigenvalue weighted by molar-refractivity contribution is 14.1. The summed E-state index contributed by atoms with van der Waals surface area (Å²) in [4.78, 5) is 13.4. The second kappa shape index (κ2) is 6.59. The average Bonchev–Trinajstić information content (AvgIpc) is 2.58. The number of carbonyl (C=O) groups excluding carboxylic acids is 1. The third-order valence-electron chi connectivity index (χ3n) is 2.40. The molecule has 0 aliphatic carbocycles.